The molecule has 0 amide bonds. The van der Waals surface area contributed by atoms with E-state index in [1.807, 2.05) is 6.92 Å². The topological polar surface area (TPSA) is 114 Å². The summed E-state index contributed by atoms with van der Waals surface area (Å²) in [6, 6.07) is 11.6. The summed E-state index contributed by atoms with van der Waals surface area (Å²) in [4.78, 5) is 16.5. The van der Waals surface area contributed by atoms with Crippen molar-refractivity contribution >= 4 is 11.7 Å². The van der Waals surface area contributed by atoms with E-state index in [0.717, 1.165) is 6.42 Å². The highest BCUT2D eigenvalue weighted by Gasteiger charge is 2.16. The van der Waals surface area contributed by atoms with Crippen LogP contribution in [-0.4, -0.2) is 40.3 Å². The van der Waals surface area contributed by atoms with E-state index in [0.29, 0.717) is 29.1 Å². The van der Waals surface area contributed by atoms with Crippen molar-refractivity contribution in [2.75, 3.05) is 13.2 Å². The molecule has 0 saturated heterocycles. The molecule has 0 spiro atoms. The number of aliphatic hydroxyl groups excluding tert-OH is 1. The molecule has 0 aliphatic heterocycles. The minimum absolute atomic E-state index is 0.0134. The summed E-state index contributed by atoms with van der Waals surface area (Å²) in [5.74, 6) is -0.973. The Bertz CT molecular complexity index is 1060. The largest absolute Gasteiger partial charge is 0.487 e. The number of aromatic carboxylic acids is 1. The van der Waals surface area contributed by atoms with Crippen molar-refractivity contribution < 1.29 is 33.5 Å². The van der Waals surface area contributed by atoms with Gasteiger partial charge in [-0.2, -0.15) is 0 Å². The van der Waals surface area contributed by atoms with Crippen LogP contribution in [0.2, 0.25) is 0 Å². The lowest BCUT2D eigenvalue weighted by Gasteiger charge is -2.09. The van der Waals surface area contributed by atoms with E-state index in [2.05, 4.69) is 10.3 Å². The lowest BCUT2D eigenvalue weighted by Crippen LogP contribution is -2.14. The van der Waals surface area contributed by atoms with Crippen LogP contribution >= 0.6 is 0 Å². The van der Waals surface area contributed by atoms with Crippen molar-refractivity contribution in [3.05, 3.63) is 71.2 Å². The van der Waals surface area contributed by atoms with E-state index in [4.69, 9.17) is 14.1 Å². The Morgan fingerprint density at radius 2 is 1.97 bits per heavy atom. The number of carbonyl (C=O) groups is 1. The van der Waals surface area contributed by atoms with E-state index in [1.165, 1.54) is 30.3 Å². The number of carboxylic acids is 1. The normalized spacial score (nSPS) is 11.4. The van der Waals surface area contributed by atoms with E-state index in [9.17, 15) is 19.4 Å². The van der Waals surface area contributed by atoms with Gasteiger partial charge in [-0.15, -0.1) is 0 Å². The second-order valence-corrected chi connectivity index (χ2v) is 6.57. The maximum atomic E-state index is 13.2. The van der Waals surface area contributed by atoms with Gasteiger partial charge in [-0.25, -0.2) is 9.18 Å². The molecule has 0 saturated carbocycles. The second-order valence-electron chi connectivity index (χ2n) is 6.57. The minimum Gasteiger partial charge on any atom is -0.487 e. The van der Waals surface area contributed by atoms with Gasteiger partial charge in [0.25, 0.3) is 0 Å². The van der Waals surface area contributed by atoms with Crippen molar-refractivity contribution in [1.82, 2.24) is 5.16 Å². The Morgan fingerprint density at radius 1 is 1.19 bits per heavy atom. The molecule has 3 rings (SSSR count). The quantitative estimate of drug-likeness (QED) is 0.286. The summed E-state index contributed by atoms with van der Waals surface area (Å²) in [6.45, 7) is 1.88. The van der Waals surface area contributed by atoms with E-state index in [1.54, 1.807) is 18.2 Å². The molecule has 31 heavy (non-hydrogen) atoms. The fourth-order valence-corrected chi connectivity index (χ4v) is 2.64. The predicted molar refractivity (Wildman–Crippen MR) is 109 cm³/mol. The van der Waals surface area contributed by atoms with Crippen LogP contribution < -0.4 is 4.74 Å². The average molecular weight is 428 g/mol. The Morgan fingerprint density at radius 3 is 2.65 bits per heavy atom. The Balaban J connectivity index is 1.82. The highest BCUT2D eigenvalue weighted by Crippen LogP contribution is 2.21. The predicted octanol–water partition coefficient (Wildman–Crippen LogP) is 3.88. The molecule has 0 bridgehead atoms. The number of aliphatic hydroxyl groups is 1. The summed E-state index contributed by atoms with van der Waals surface area (Å²) < 4.78 is 24.2. The van der Waals surface area contributed by atoms with Gasteiger partial charge < -0.3 is 24.3 Å². The molecule has 0 atom stereocenters. The number of rotatable bonds is 10. The molecule has 9 heteroatoms. The summed E-state index contributed by atoms with van der Waals surface area (Å²) in [7, 11) is 0. The first-order valence-electron chi connectivity index (χ1n) is 9.53. The first-order valence-corrected chi connectivity index (χ1v) is 9.53. The van der Waals surface area contributed by atoms with Crippen LogP contribution in [-0.2, 0) is 11.4 Å². The number of oxime groups is 1. The van der Waals surface area contributed by atoms with Crippen molar-refractivity contribution in [2.45, 2.75) is 20.0 Å². The SMILES string of the molecule is CCCO/N=C(\COc1cc(CO)cc(C(=O)O)c1)c1cc(-c2ccc(F)cc2)no1. The molecule has 2 aromatic carbocycles. The number of benzene rings is 2. The van der Waals surface area contributed by atoms with Gasteiger partial charge in [0, 0.05) is 11.6 Å². The molecule has 0 unspecified atom stereocenters. The van der Waals surface area contributed by atoms with E-state index < -0.39 is 5.97 Å². The number of hydrogen-bond donors (Lipinski definition) is 2. The lowest BCUT2D eigenvalue weighted by atomic mass is 10.1. The number of hydrogen-bond acceptors (Lipinski definition) is 7. The van der Waals surface area contributed by atoms with Crippen LogP contribution in [0.4, 0.5) is 4.39 Å². The van der Waals surface area contributed by atoms with Gasteiger partial charge in [-0.1, -0.05) is 17.2 Å². The molecule has 0 radical (unpaired) electrons. The molecular weight excluding hydrogens is 407 g/mol. The van der Waals surface area contributed by atoms with Crippen molar-refractivity contribution in [1.29, 1.82) is 0 Å². The molecule has 8 nitrogen and oxygen atoms in total. The highest BCUT2D eigenvalue weighted by molar-refractivity contribution is 5.99. The molecule has 3 aromatic rings. The lowest BCUT2D eigenvalue weighted by molar-refractivity contribution is 0.0696. The number of aromatic nitrogens is 1. The average Bonchev–Trinajstić information content (AvgIpc) is 3.26. The van der Waals surface area contributed by atoms with E-state index >= 15 is 0 Å². The number of nitrogens with zero attached hydrogens (tertiary/aromatic N) is 2. The third kappa shape index (κ3) is 5.89. The number of carboxylic acid groups (broad SMARTS) is 1. The fraction of sp³-hybridized carbons (Fsp3) is 0.227. The molecule has 0 aliphatic rings. The zero-order valence-electron chi connectivity index (χ0n) is 16.7. The molecule has 1 aromatic heterocycles. The highest BCUT2D eigenvalue weighted by atomic mass is 19.1. The Hall–Kier alpha value is -3.72. The van der Waals surface area contributed by atoms with Gasteiger partial charge in [0.15, 0.2) is 11.5 Å². The van der Waals surface area contributed by atoms with Crippen molar-refractivity contribution in [2.24, 2.45) is 5.16 Å². The molecule has 1 heterocycles. The van der Waals surface area contributed by atoms with Gasteiger partial charge in [-0.05, 0) is 54.4 Å². The van der Waals surface area contributed by atoms with Gasteiger partial charge in [0.1, 0.15) is 30.5 Å². The van der Waals surface area contributed by atoms with Crippen LogP contribution in [0.1, 0.15) is 35.0 Å². The third-order valence-electron chi connectivity index (χ3n) is 4.18. The second kappa shape index (κ2) is 10.4. The summed E-state index contributed by atoms with van der Waals surface area (Å²) >= 11 is 0. The third-order valence-corrected chi connectivity index (χ3v) is 4.18. The Labute approximate surface area is 177 Å². The van der Waals surface area contributed by atoms with Crippen LogP contribution in [0.25, 0.3) is 11.3 Å². The molecular formula is C22H21FN2O6. The minimum atomic E-state index is -1.14. The molecule has 2 N–H and O–H groups in total. The smallest absolute Gasteiger partial charge is 0.335 e. The van der Waals surface area contributed by atoms with Crippen molar-refractivity contribution in [3.8, 4) is 17.0 Å². The van der Waals surface area contributed by atoms with Gasteiger partial charge in [-0.3, -0.25) is 0 Å². The molecule has 0 aliphatic carbocycles. The van der Waals surface area contributed by atoms with Crippen LogP contribution in [0.15, 0.2) is 58.2 Å². The summed E-state index contributed by atoms with van der Waals surface area (Å²) in [5, 5.41) is 26.6. The zero-order chi connectivity index (χ0) is 22.2. The molecule has 162 valence electrons. The fourth-order valence-electron chi connectivity index (χ4n) is 2.64. The Kier molecular flexibility index (Phi) is 7.34. The van der Waals surface area contributed by atoms with Gasteiger partial charge in [0.2, 0.25) is 0 Å². The summed E-state index contributed by atoms with van der Waals surface area (Å²) in [6.07, 6.45) is 0.745. The standard InChI is InChI=1S/C22H21FN2O6/c1-2-7-30-24-20(13-29-18-9-14(12-26)8-16(10-18)22(27)28)21-11-19(25-31-21)15-3-5-17(23)6-4-15/h3-6,8-11,26H,2,7,12-13H2,1H3,(H,27,28)/b24-20+. The zero-order valence-corrected chi connectivity index (χ0v) is 16.7. The summed E-state index contributed by atoms with van der Waals surface area (Å²) in [5.41, 5.74) is 1.82. The first-order chi connectivity index (χ1) is 15.0. The van der Waals surface area contributed by atoms with E-state index in [-0.39, 0.29) is 36.1 Å². The maximum Gasteiger partial charge on any atom is 0.335 e. The number of ether oxygens (including phenoxy) is 1. The van der Waals surface area contributed by atoms with Gasteiger partial charge >= 0.3 is 5.97 Å². The van der Waals surface area contributed by atoms with Crippen LogP contribution in [0.5, 0.6) is 5.75 Å². The monoisotopic (exact) mass is 428 g/mol. The number of halogens is 1. The maximum absolute atomic E-state index is 13.2. The van der Waals surface area contributed by atoms with Gasteiger partial charge in [0.05, 0.1) is 12.2 Å². The van der Waals surface area contributed by atoms with Crippen LogP contribution in [0, 0.1) is 5.82 Å². The molecule has 0 fully saturated rings. The first kappa shape index (κ1) is 22.0. The van der Waals surface area contributed by atoms with Crippen LogP contribution in [0.3, 0.4) is 0 Å². The van der Waals surface area contributed by atoms with Crippen molar-refractivity contribution in [3.63, 3.8) is 0 Å².